The van der Waals surface area contributed by atoms with Crippen molar-refractivity contribution < 1.29 is 19.0 Å². The van der Waals surface area contributed by atoms with Crippen molar-refractivity contribution in [3.8, 4) is 17.2 Å². The molecule has 1 aromatic heterocycles. The molecule has 190 valence electrons. The Kier molecular flexibility index (Phi) is 8.12. The molecule has 0 aliphatic carbocycles. The van der Waals surface area contributed by atoms with E-state index in [2.05, 4.69) is 27.2 Å². The summed E-state index contributed by atoms with van der Waals surface area (Å²) in [4.78, 5) is 30.2. The standard InChI is InChI=1S/C27H32N4O5/c1-34-22-9-10-25(35-2)23(16-22)28-27(33)19-31-18-26(36-3)24(32)15-21(31)17-29-11-13-30(14-12-29)20-7-5-4-6-8-20/h4-10,15-16,18H,11-14,17,19H2,1-3H3,(H,28,33). The molecule has 1 saturated heterocycles. The van der Waals surface area contributed by atoms with E-state index in [4.69, 9.17) is 14.2 Å². The van der Waals surface area contributed by atoms with Gasteiger partial charge in [-0.1, -0.05) is 18.2 Å². The van der Waals surface area contributed by atoms with Gasteiger partial charge in [0, 0.05) is 56.2 Å². The van der Waals surface area contributed by atoms with E-state index in [1.807, 2.05) is 18.2 Å². The third kappa shape index (κ3) is 5.98. The minimum Gasteiger partial charge on any atom is -0.497 e. The van der Waals surface area contributed by atoms with Gasteiger partial charge in [0.1, 0.15) is 18.0 Å². The van der Waals surface area contributed by atoms with Gasteiger partial charge in [-0.3, -0.25) is 14.5 Å². The summed E-state index contributed by atoms with van der Waals surface area (Å²) in [6.07, 6.45) is 1.60. The molecule has 1 amide bonds. The zero-order valence-electron chi connectivity index (χ0n) is 20.9. The number of hydrogen-bond acceptors (Lipinski definition) is 7. The van der Waals surface area contributed by atoms with Crippen LogP contribution in [0.15, 0.2) is 65.6 Å². The molecule has 36 heavy (non-hydrogen) atoms. The summed E-state index contributed by atoms with van der Waals surface area (Å²) in [5.41, 5.74) is 2.26. The van der Waals surface area contributed by atoms with E-state index in [0.29, 0.717) is 23.7 Å². The Balaban J connectivity index is 1.48. The predicted molar refractivity (Wildman–Crippen MR) is 139 cm³/mol. The van der Waals surface area contributed by atoms with E-state index in [9.17, 15) is 9.59 Å². The lowest BCUT2D eigenvalue weighted by atomic mass is 10.2. The number of nitrogens with one attached hydrogen (secondary N) is 1. The Morgan fingerprint density at radius 1 is 0.889 bits per heavy atom. The van der Waals surface area contributed by atoms with Gasteiger partial charge in [-0.2, -0.15) is 0 Å². The topological polar surface area (TPSA) is 85.3 Å². The lowest BCUT2D eigenvalue weighted by Crippen LogP contribution is -2.46. The number of piperazine rings is 1. The molecule has 4 rings (SSSR count). The fourth-order valence-electron chi connectivity index (χ4n) is 4.32. The minimum atomic E-state index is -0.262. The summed E-state index contributed by atoms with van der Waals surface area (Å²) in [7, 11) is 4.55. The highest BCUT2D eigenvalue weighted by atomic mass is 16.5. The van der Waals surface area contributed by atoms with Crippen molar-refractivity contribution in [3.63, 3.8) is 0 Å². The first-order valence-electron chi connectivity index (χ1n) is 11.8. The van der Waals surface area contributed by atoms with E-state index in [-0.39, 0.29) is 23.6 Å². The van der Waals surface area contributed by atoms with Crippen molar-refractivity contribution in [3.05, 3.63) is 76.7 Å². The fraction of sp³-hybridized carbons (Fsp3) is 0.333. The van der Waals surface area contributed by atoms with E-state index in [1.54, 1.807) is 49.2 Å². The molecule has 0 unspecified atom stereocenters. The zero-order chi connectivity index (χ0) is 25.5. The fourth-order valence-corrected chi connectivity index (χ4v) is 4.32. The van der Waals surface area contributed by atoms with Crippen LogP contribution < -0.4 is 29.9 Å². The molecule has 0 atom stereocenters. The van der Waals surface area contributed by atoms with Crippen molar-refractivity contribution in [2.45, 2.75) is 13.1 Å². The Morgan fingerprint density at radius 3 is 2.28 bits per heavy atom. The number of para-hydroxylation sites is 1. The number of methoxy groups -OCH3 is 3. The molecule has 1 N–H and O–H groups in total. The van der Waals surface area contributed by atoms with Crippen molar-refractivity contribution in [2.24, 2.45) is 0 Å². The number of nitrogens with zero attached hydrogens (tertiary/aromatic N) is 3. The van der Waals surface area contributed by atoms with E-state index < -0.39 is 0 Å². The van der Waals surface area contributed by atoms with Crippen LogP contribution in [0.25, 0.3) is 0 Å². The monoisotopic (exact) mass is 492 g/mol. The van der Waals surface area contributed by atoms with E-state index in [1.165, 1.54) is 12.8 Å². The van der Waals surface area contributed by atoms with Crippen LogP contribution in [-0.4, -0.2) is 62.9 Å². The second kappa shape index (κ2) is 11.6. The quantitative estimate of drug-likeness (QED) is 0.492. The molecule has 1 fully saturated rings. The highest BCUT2D eigenvalue weighted by Crippen LogP contribution is 2.29. The second-order valence-electron chi connectivity index (χ2n) is 8.54. The van der Waals surface area contributed by atoms with E-state index in [0.717, 1.165) is 31.9 Å². The average Bonchev–Trinajstić information content (AvgIpc) is 2.91. The number of rotatable bonds is 9. The lowest BCUT2D eigenvalue weighted by Gasteiger charge is -2.36. The van der Waals surface area contributed by atoms with Gasteiger partial charge in [-0.15, -0.1) is 0 Å². The summed E-state index contributed by atoms with van der Waals surface area (Å²) in [6, 6.07) is 17.1. The summed E-state index contributed by atoms with van der Waals surface area (Å²) in [5, 5.41) is 2.89. The molecule has 0 bridgehead atoms. The lowest BCUT2D eigenvalue weighted by molar-refractivity contribution is -0.116. The van der Waals surface area contributed by atoms with Gasteiger partial charge in [-0.25, -0.2) is 0 Å². The Morgan fingerprint density at radius 2 is 1.61 bits per heavy atom. The second-order valence-corrected chi connectivity index (χ2v) is 8.54. The molecule has 3 aromatic rings. The van der Waals surface area contributed by atoms with Crippen LogP contribution in [0.2, 0.25) is 0 Å². The summed E-state index contributed by atoms with van der Waals surface area (Å²) in [6.45, 7) is 4.04. The molecule has 2 heterocycles. The third-order valence-electron chi connectivity index (χ3n) is 6.28. The Bertz CT molecular complexity index is 1240. The van der Waals surface area contributed by atoms with Crippen LogP contribution >= 0.6 is 0 Å². The first-order chi connectivity index (χ1) is 17.5. The van der Waals surface area contributed by atoms with Crippen LogP contribution in [-0.2, 0) is 17.9 Å². The van der Waals surface area contributed by atoms with Crippen LogP contribution in [0.5, 0.6) is 17.2 Å². The predicted octanol–water partition coefficient (Wildman–Crippen LogP) is 2.84. The number of carbonyl (C=O) groups excluding carboxylic acids is 1. The molecule has 0 spiro atoms. The summed E-state index contributed by atoms with van der Waals surface area (Å²) in [5.74, 6) is 1.06. The first kappa shape index (κ1) is 25.1. The van der Waals surface area contributed by atoms with Gasteiger partial charge in [0.05, 0.1) is 33.2 Å². The average molecular weight is 493 g/mol. The number of benzene rings is 2. The van der Waals surface area contributed by atoms with Crippen molar-refractivity contribution >= 4 is 17.3 Å². The van der Waals surface area contributed by atoms with Crippen LogP contribution in [0, 0.1) is 0 Å². The van der Waals surface area contributed by atoms with Crippen LogP contribution in [0.4, 0.5) is 11.4 Å². The smallest absolute Gasteiger partial charge is 0.244 e. The van der Waals surface area contributed by atoms with Crippen molar-refractivity contribution in [2.75, 3.05) is 57.7 Å². The van der Waals surface area contributed by atoms with Gasteiger partial charge in [0.15, 0.2) is 5.75 Å². The maximum absolute atomic E-state index is 13.0. The number of hydrogen-bond donors (Lipinski definition) is 1. The van der Waals surface area contributed by atoms with Crippen LogP contribution in [0.3, 0.4) is 0 Å². The van der Waals surface area contributed by atoms with Gasteiger partial charge < -0.3 is 29.0 Å². The molecule has 0 radical (unpaired) electrons. The number of ether oxygens (including phenoxy) is 3. The number of pyridine rings is 1. The largest absolute Gasteiger partial charge is 0.497 e. The maximum Gasteiger partial charge on any atom is 0.244 e. The van der Waals surface area contributed by atoms with Gasteiger partial charge in [-0.05, 0) is 24.3 Å². The molecule has 9 nitrogen and oxygen atoms in total. The van der Waals surface area contributed by atoms with Gasteiger partial charge >= 0.3 is 0 Å². The number of carbonyl (C=O) groups is 1. The number of aromatic nitrogens is 1. The van der Waals surface area contributed by atoms with Crippen molar-refractivity contribution in [1.29, 1.82) is 0 Å². The van der Waals surface area contributed by atoms with Crippen molar-refractivity contribution in [1.82, 2.24) is 9.47 Å². The van der Waals surface area contributed by atoms with Crippen LogP contribution in [0.1, 0.15) is 5.69 Å². The minimum absolute atomic E-state index is 0.0102. The molecule has 1 aliphatic heterocycles. The maximum atomic E-state index is 13.0. The number of anilines is 2. The SMILES string of the molecule is COc1ccc(OC)c(NC(=O)Cn2cc(OC)c(=O)cc2CN2CCN(c3ccccc3)CC2)c1. The zero-order valence-corrected chi connectivity index (χ0v) is 20.9. The van der Waals surface area contributed by atoms with Gasteiger partial charge in [0.25, 0.3) is 0 Å². The molecule has 9 heteroatoms. The Hall–Kier alpha value is -3.98. The molecular weight excluding hydrogens is 460 g/mol. The first-order valence-corrected chi connectivity index (χ1v) is 11.8. The normalized spacial score (nSPS) is 13.8. The summed E-state index contributed by atoms with van der Waals surface area (Å²) < 4.78 is 17.6. The summed E-state index contributed by atoms with van der Waals surface area (Å²) >= 11 is 0. The highest BCUT2D eigenvalue weighted by molar-refractivity contribution is 5.92. The van der Waals surface area contributed by atoms with Gasteiger partial charge in [0.2, 0.25) is 11.3 Å². The van der Waals surface area contributed by atoms with E-state index >= 15 is 0 Å². The molecular formula is C27H32N4O5. The molecule has 0 saturated carbocycles. The third-order valence-corrected chi connectivity index (χ3v) is 6.28. The number of amides is 1. The highest BCUT2D eigenvalue weighted by Gasteiger charge is 2.20. The molecule has 1 aliphatic rings. The molecule has 2 aromatic carbocycles. The Labute approximate surface area is 210 Å².